The number of rotatable bonds is 4. The maximum absolute atomic E-state index is 4.02. The van der Waals surface area contributed by atoms with Crippen LogP contribution in [0.2, 0.25) is 0 Å². The average Bonchev–Trinajstić information content (AvgIpc) is 3.06. The molecule has 2 heterocycles. The summed E-state index contributed by atoms with van der Waals surface area (Å²) in [7, 11) is 1.79. The second-order valence-corrected chi connectivity index (χ2v) is 4.66. The lowest BCUT2D eigenvalue weighted by molar-refractivity contribution is 0.664. The Morgan fingerprint density at radius 1 is 1.05 bits per heavy atom. The molecule has 0 radical (unpaired) electrons. The molecule has 9 heteroatoms. The first-order chi connectivity index (χ1) is 9.34. The van der Waals surface area contributed by atoms with E-state index < -0.39 is 0 Å². The minimum absolute atomic E-state index is 0.593. The molecule has 0 fully saturated rings. The van der Waals surface area contributed by atoms with Crippen LogP contribution in [0.1, 0.15) is 5.82 Å². The zero-order valence-electron chi connectivity index (χ0n) is 10.1. The number of thioether (sulfide) groups is 1. The molecule has 0 atom stereocenters. The molecule has 0 amide bonds. The van der Waals surface area contributed by atoms with Gasteiger partial charge in [0.25, 0.3) is 0 Å². The maximum Gasteiger partial charge on any atom is 0.209 e. The zero-order valence-corrected chi connectivity index (χ0v) is 10.9. The number of tetrazole rings is 2. The standard InChI is InChI=1S/C10H10N8S/c1-17-10(12-14-15-17)19-7-9-11-13-16-18(9)8-5-3-2-4-6-8/h2-6H,7H2,1H3. The minimum Gasteiger partial charge on any atom is -0.224 e. The Kier molecular flexibility index (Phi) is 3.19. The topological polar surface area (TPSA) is 87.2 Å². The second kappa shape index (κ2) is 5.14. The van der Waals surface area contributed by atoms with Crippen LogP contribution >= 0.6 is 11.8 Å². The van der Waals surface area contributed by atoms with E-state index in [-0.39, 0.29) is 0 Å². The highest BCUT2D eigenvalue weighted by molar-refractivity contribution is 7.98. The molecular formula is C10H10N8S. The highest BCUT2D eigenvalue weighted by atomic mass is 32.2. The summed E-state index contributed by atoms with van der Waals surface area (Å²) in [6.07, 6.45) is 0. The first-order valence-corrected chi connectivity index (χ1v) is 6.51. The van der Waals surface area contributed by atoms with Gasteiger partial charge in [-0.2, -0.15) is 4.68 Å². The van der Waals surface area contributed by atoms with Crippen molar-refractivity contribution < 1.29 is 0 Å². The van der Waals surface area contributed by atoms with Crippen molar-refractivity contribution in [3.63, 3.8) is 0 Å². The van der Waals surface area contributed by atoms with Crippen LogP contribution in [-0.4, -0.2) is 40.4 Å². The molecule has 96 valence electrons. The average molecular weight is 274 g/mol. The lowest BCUT2D eigenvalue weighted by Gasteiger charge is -2.03. The summed E-state index contributed by atoms with van der Waals surface area (Å²) in [4.78, 5) is 0. The first-order valence-electron chi connectivity index (χ1n) is 5.52. The van der Waals surface area contributed by atoms with Crippen molar-refractivity contribution in [1.82, 2.24) is 40.4 Å². The van der Waals surface area contributed by atoms with Crippen LogP contribution < -0.4 is 0 Å². The Bertz CT molecular complexity index is 661. The van der Waals surface area contributed by atoms with E-state index in [0.717, 1.165) is 16.7 Å². The third-order valence-corrected chi connectivity index (χ3v) is 3.45. The van der Waals surface area contributed by atoms with Gasteiger partial charge in [0, 0.05) is 7.05 Å². The molecule has 8 nitrogen and oxygen atoms in total. The van der Waals surface area contributed by atoms with Crippen LogP contribution in [0.5, 0.6) is 0 Å². The molecule has 0 N–H and O–H groups in total. The van der Waals surface area contributed by atoms with Crippen LogP contribution in [0, 0.1) is 0 Å². The fraction of sp³-hybridized carbons (Fsp3) is 0.200. The number of aromatic nitrogens is 8. The molecule has 0 saturated heterocycles. The maximum atomic E-state index is 4.02. The summed E-state index contributed by atoms with van der Waals surface area (Å²) in [6.45, 7) is 0. The number of hydrogen-bond acceptors (Lipinski definition) is 7. The summed E-state index contributed by atoms with van der Waals surface area (Å²) in [5.74, 6) is 1.34. The van der Waals surface area contributed by atoms with E-state index in [2.05, 4.69) is 31.1 Å². The van der Waals surface area contributed by atoms with Gasteiger partial charge in [-0.05, 0) is 33.0 Å². The zero-order chi connectivity index (χ0) is 13.1. The number of aryl methyl sites for hydroxylation is 1. The Morgan fingerprint density at radius 2 is 1.84 bits per heavy atom. The monoisotopic (exact) mass is 274 g/mol. The van der Waals surface area contributed by atoms with Gasteiger partial charge >= 0.3 is 0 Å². The highest BCUT2D eigenvalue weighted by Crippen LogP contribution is 2.18. The number of nitrogens with zero attached hydrogens (tertiary/aromatic N) is 8. The predicted octanol–water partition coefficient (Wildman–Crippen LogP) is 0.478. The molecule has 0 saturated carbocycles. The fourth-order valence-electron chi connectivity index (χ4n) is 1.54. The van der Waals surface area contributed by atoms with Crippen molar-refractivity contribution in [2.75, 3.05) is 0 Å². The molecule has 19 heavy (non-hydrogen) atoms. The van der Waals surface area contributed by atoms with Gasteiger partial charge in [0.05, 0.1) is 11.4 Å². The van der Waals surface area contributed by atoms with Crippen molar-refractivity contribution in [3.05, 3.63) is 36.2 Å². The Hall–Kier alpha value is -2.29. The Morgan fingerprint density at radius 3 is 2.58 bits per heavy atom. The summed E-state index contributed by atoms with van der Waals surface area (Å²) >= 11 is 1.48. The van der Waals surface area contributed by atoms with E-state index in [4.69, 9.17) is 0 Å². The third kappa shape index (κ3) is 2.45. The van der Waals surface area contributed by atoms with Gasteiger partial charge in [0.1, 0.15) is 0 Å². The van der Waals surface area contributed by atoms with Gasteiger partial charge in [0.15, 0.2) is 5.82 Å². The van der Waals surface area contributed by atoms with Crippen molar-refractivity contribution in [2.24, 2.45) is 7.05 Å². The second-order valence-electron chi connectivity index (χ2n) is 3.72. The van der Waals surface area contributed by atoms with Crippen LogP contribution in [0.3, 0.4) is 0 Å². The molecule has 0 aliphatic rings. The van der Waals surface area contributed by atoms with E-state index in [9.17, 15) is 0 Å². The summed E-state index contributed by atoms with van der Waals surface area (Å²) in [5, 5.41) is 23.7. The Labute approximate surface area is 112 Å². The van der Waals surface area contributed by atoms with Crippen molar-refractivity contribution in [3.8, 4) is 5.69 Å². The highest BCUT2D eigenvalue weighted by Gasteiger charge is 2.10. The molecule has 3 aromatic rings. The summed E-state index contributed by atoms with van der Waals surface area (Å²) in [5.41, 5.74) is 0.930. The third-order valence-electron chi connectivity index (χ3n) is 2.45. The molecule has 0 aliphatic carbocycles. The molecular weight excluding hydrogens is 264 g/mol. The van der Waals surface area contributed by atoms with Crippen LogP contribution in [0.15, 0.2) is 35.5 Å². The minimum atomic E-state index is 0.593. The van der Waals surface area contributed by atoms with Gasteiger partial charge in [-0.1, -0.05) is 30.0 Å². The first kappa shape index (κ1) is 11.8. The van der Waals surface area contributed by atoms with Crippen molar-refractivity contribution in [2.45, 2.75) is 10.9 Å². The number of hydrogen-bond donors (Lipinski definition) is 0. The molecule has 0 aliphatic heterocycles. The summed E-state index contributed by atoms with van der Waals surface area (Å²) in [6, 6.07) is 9.75. The van der Waals surface area contributed by atoms with E-state index in [1.807, 2.05) is 30.3 Å². The van der Waals surface area contributed by atoms with Gasteiger partial charge in [-0.3, -0.25) is 0 Å². The lowest BCUT2D eigenvalue weighted by Crippen LogP contribution is -2.02. The van der Waals surface area contributed by atoms with Gasteiger partial charge in [-0.25, -0.2) is 4.68 Å². The molecule has 1 aromatic carbocycles. The van der Waals surface area contributed by atoms with Gasteiger partial charge in [0.2, 0.25) is 5.16 Å². The number of para-hydroxylation sites is 1. The van der Waals surface area contributed by atoms with Crippen molar-refractivity contribution in [1.29, 1.82) is 0 Å². The molecule has 2 aromatic heterocycles. The van der Waals surface area contributed by atoms with Crippen LogP contribution in [0.4, 0.5) is 0 Å². The predicted molar refractivity (Wildman–Crippen MR) is 67.5 cm³/mol. The molecule has 0 bridgehead atoms. The van der Waals surface area contributed by atoms with E-state index in [1.54, 1.807) is 16.4 Å². The quantitative estimate of drug-likeness (QED) is 0.639. The van der Waals surface area contributed by atoms with Gasteiger partial charge < -0.3 is 0 Å². The molecule has 3 rings (SSSR count). The van der Waals surface area contributed by atoms with E-state index in [0.29, 0.717) is 5.75 Å². The largest absolute Gasteiger partial charge is 0.224 e. The van der Waals surface area contributed by atoms with Crippen LogP contribution in [0.25, 0.3) is 5.69 Å². The van der Waals surface area contributed by atoms with E-state index in [1.165, 1.54) is 11.8 Å². The number of benzene rings is 1. The normalized spacial score (nSPS) is 10.8. The van der Waals surface area contributed by atoms with Crippen molar-refractivity contribution >= 4 is 11.8 Å². The smallest absolute Gasteiger partial charge is 0.209 e. The molecule has 0 unspecified atom stereocenters. The Balaban J connectivity index is 1.80. The van der Waals surface area contributed by atoms with Gasteiger partial charge in [-0.15, -0.1) is 10.2 Å². The molecule has 0 spiro atoms. The fourth-order valence-corrected chi connectivity index (χ4v) is 2.29. The van der Waals surface area contributed by atoms with Crippen LogP contribution in [-0.2, 0) is 12.8 Å². The van der Waals surface area contributed by atoms with E-state index >= 15 is 0 Å². The lowest BCUT2D eigenvalue weighted by atomic mass is 10.3. The SMILES string of the molecule is Cn1nnnc1SCc1nnnn1-c1ccccc1. The summed E-state index contributed by atoms with van der Waals surface area (Å²) < 4.78 is 3.32.